The van der Waals surface area contributed by atoms with Gasteiger partial charge in [-0.15, -0.1) is 0 Å². The zero-order valence-electron chi connectivity index (χ0n) is 14.6. The number of carbonyl (C=O) groups is 2. The van der Waals surface area contributed by atoms with E-state index in [2.05, 4.69) is 20.8 Å². The molecular weight excluding hydrogens is 344 g/mol. The number of nitrogens with zero attached hydrogens (tertiary/aromatic N) is 4. The first kappa shape index (κ1) is 19.0. The smallest absolute Gasteiger partial charge is 0.273 e. The van der Waals surface area contributed by atoms with Gasteiger partial charge in [0.15, 0.2) is 5.69 Å². The van der Waals surface area contributed by atoms with Gasteiger partial charge in [-0.2, -0.15) is 10.2 Å². The lowest BCUT2D eigenvalue weighted by Gasteiger charge is -2.08. The minimum absolute atomic E-state index is 0.211. The number of carbonyl (C=O) groups excluding carboxylic acids is 2. The second kappa shape index (κ2) is 8.66. The normalized spacial score (nSPS) is 10.9. The van der Waals surface area contributed by atoms with E-state index in [1.807, 2.05) is 20.8 Å². The highest BCUT2D eigenvalue weighted by Crippen LogP contribution is 2.15. The molecule has 2 N–H and O–H groups in total. The first-order valence-corrected chi connectivity index (χ1v) is 8.60. The lowest BCUT2D eigenvalue weighted by atomic mass is 10.2. The van der Waals surface area contributed by atoms with E-state index >= 15 is 0 Å². The average molecular weight is 367 g/mol. The van der Waals surface area contributed by atoms with Gasteiger partial charge < -0.3 is 10.6 Å². The molecule has 9 heteroatoms. The summed E-state index contributed by atoms with van der Waals surface area (Å²) in [4.78, 5) is 24.5. The SMILES string of the molecule is CCn1cc(NC(=O)CCn2cc(Cl)cn2)c(C(=O)NCC(C)C)n1. The van der Waals surface area contributed by atoms with Crippen molar-refractivity contribution in [3.63, 3.8) is 0 Å². The Labute approximate surface area is 151 Å². The molecule has 0 saturated heterocycles. The maximum atomic E-state index is 12.3. The first-order valence-electron chi connectivity index (χ1n) is 8.22. The molecule has 0 spiro atoms. The Morgan fingerprint density at radius 1 is 1.28 bits per heavy atom. The molecule has 0 atom stereocenters. The highest BCUT2D eigenvalue weighted by molar-refractivity contribution is 6.30. The van der Waals surface area contributed by atoms with Crippen LogP contribution in [0.3, 0.4) is 0 Å². The van der Waals surface area contributed by atoms with E-state index in [4.69, 9.17) is 11.6 Å². The van der Waals surface area contributed by atoms with E-state index in [9.17, 15) is 9.59 Å². The summed E-state index contributed by atoms with van der Waals surface area (Å²) in [5.41, 5.74) is 0.629. The van der Waals surface area contributed by atoms with Gasteiger partial charge in [0.25, 0.3) is 5.91 Å². The molecule has 2 amide bonds. The monoisotopic (exact) mass is 366 g/mol. The van der Waals surface area contributed by atoms with E-state index < -0.39 is 0 Å². The lowest BCUT2D eigenvalue weighted by molar-refractivity contribution is -0.116. The second-order valence-electron chi connectivity index (χ2n) is 6.07. The number of nitrogens with one attached hydrogen (secondary N) is 2. The molecule has 0 bridgehead atoms. The summed E-state index contributed by atoms with van der Waals surface area (Å²) in [6.07, 6.45) is 5.03. The molecule has 8 nitrogen and oxygen atoms in total. The third-order valence-electron chi connectivity index (χ3n) is 3.42. The lowest BCUT2D eigenvalue weighted by Crippen LogP contribution is -2.29. The van der Waals surface area contributed by atoms with Crippen LogP contribution in [0, 0.1) is 5.92 Å². The molecule has 0 aliphatic heterocycles. The Bertz CT molecular complexity index is 737. The highest BCUT2D eigenvalue weighted by atomic mass is 35.5. The summed E-state index contributed by atoms with van der Waals surface area (Å²) in [7, 11) is 0. The molecule has 0 unspecified atom stereocenters. The van der Waals surface area contributed by atoms with E-state index in [-0.39, 0.29) is 23.9 Å². The van der Waals surface area contributed by atoms with Crippen LogP contribution in [0.4, 0.5) is 5.69 Å². The van der Waals surface area contributed by atoms with Crippen LogP contribution in [0.2, 0.25) is 5.02 Å². The van der Waals surface area contributed by atoms with Crippen LogP contribution in [0.15, 0.2) is 18.6 Å². The van der Waals surface area contributed by atoms with Crippen molar-refractivity contribution in [1.29, 1.82) is 0 Å². The minimum Gasteiger partial charge on any atom is -0.350 e. The molecule has 0 saturated carbocycles. The van der Waals surface area contributed by atoms with Crippen LogP contribution in [0.1, 0.15) is 37.7 Å². The number of amides is 2. The molecule has 2 rings (SSSR count). The molecule has 2 aromatic rings. The van der Waals surface area contributed by atoms with Gasteiger partial charge in [-0.05, 0) is 12.8 Å². The number of hydrogen-bond donors (Lipinski definition) is 2. The maximum absolute atomic E-state index is 12.3. The predicted molar refractivity (Wildman–Crippen MR) is 95.6 cm³/mol. The van der Waals surface area contributed by atoms with E-state index in [0.29, 0.717) is 36.3 Å². The van der Waals surface area contributed by atoms with Gasteiger partial charge in [0.2, 0.25) is 5.91 Å². The Balaban J connectivity index is 2.00. The number of aromatic nitrogens is 4. The zero-order valence-corrected chi connectivity index (χ0v) is 15.4. The molecule has 25 heavy (non-hydrogen) atoms. The summed E-state index contributed by atoms with van der Waals surface area (Å²) in [6.45, 7) is 7.48. The van der Waals surface area contributed by atoms with Gasteiger partial charge in [0, 0.05) is 38.4 Å². The van der Waals surface area contributed by atoms with Crippen LogP contribution in [-0.2, 0) is 17.9 Å². The number of anilines is 1. The maximum Gasteiger partial charge on any atom is 0.273 e. The average Bonchev–Trinajstić information content (AvgIpc) is 3.16. The number of hydrogen-bond acceptors (Lipinski definition) is 4. The van der Waals surface area contributed by atoms with Crippen LogP contribution in [0.5, 0.6) is 0 Å². The molecule has 0 aliphatic carbocycles. The fourth-order valence-corrected chi connectivity index (χ4v) is 2.27. The van der Waals surface area contributed by atoms with Crippen LogP contribution >= 0.6 is 11.6 Å². The number of aryl methyl sites for hydroxylation is 2. The van der Waals surface area contributed by atoms with Gasteiger partial charge in [0.05, 0.1) is 16.9 Å². The van der Waals surface area contributed by atoms with Crippen LogP contribution < -0.4 is 10.6 Å². The molecular formula is C16H23ClN6O2. The van der Waals surface area contributed by atoms with Gasteiger partial charge in [-0.1, -0.05) is 25.4 Å². The second-order valence-corrected chi connectivity index (χ2v) is 6.51. The Kier molecular flexibility index (Phi) is 6.58. The predicted octanol–water partition coefficient (Wildman–Crippen LogP) is 2.17. The molecule has 0 aliphatic rings. The topological polar surface area (TPSA) is 93.8 Å². The molecule has 0 aromatic carbocycles. The molecule has 136 valence electrons. The van der Waals surface area contributed by atoms with Crippen molar-refractivity contribution in [2.45, 2.75) is 40.3 Å². The standard InChI is InChI=1S/C16H23ClN6O2/c1-4-22-10-13(15(21-22)16(25)18-7-11(2)3)20-14(24)5-6-23-9-12(17)8-19-23/h8-11H,4-7H2,1-3H3,(H,18,25)(H,20,24). The van der Waals surface area contributed by atoms with E-state index in [0.717, 1.165) is 0 Å². The minimum atomic E-state index is -0.296. The molecule has 0 radical (unpaired) electrons. The van der Waals surface area contributed by atoms with Gasteiger partial charge >= 0.3 is 0 Å². The summed E-state index contributed by atoms with van der Waals surface area (Å²) in [5, 5.41) is 14.3. The third kappa shape index (κ3) is 5.60. The summed E-state index contributed by atoms with van der Waals surface area (Å²) >= 11 is 5.79. The Morgan fingerprint density at radius 2 is 2.04 bits per heavy atom. The van der Waals surface area contributed by atoms with Crippen molar-refractivity contribution in [2.75, 3.05) is 11.9 Å². The van der Waals surface area contributed by atoms with Crippen molar-refractivity contribution in [3.05, 3.63) is 29.3 Å². The summed E-state index contributed by atoms with van der Waals surface area (Å²) in [6, 6.07) is 0. The molecule has 0 fully saturated rings. The fourth-order valence-electron chi connectivity index (χ4n) is 2.11. The van der Waals surface area contributed by atoms with Gasteiger partial charge in [-0.3, -0.25) is 19.0 Å². The summed E-state index contributed by atoms with van der Waals surface area (Å²) in [5.74, 6) is -0.189. The summed E-state index contributed by atoms with van der Waals surface area (Å²) < 4.78 is 3.21. The number of rotatable bonds is 8. The fraction of sp³-hybridized carbons (Fsp3) is 0.500. The van der Waals surface area contributed by atoms with E-state index in [1.54, 1.807) is 21.8 Å². The molecule has 2 aromatic heterocycles. The van der Waals surface area contributed by atoms with Crippen molar-refractivity contribution >= 4 is 29.1 Å². The van der Waals surface area contributed by atoms with Crippen molar-refractivity contribution < 1.29 is 9.59 Å². The van der Waals surface area contributed by atoms with Crippen molar-refractivity contribution in [1.82, 2.24) is 24.9 Å². The first-order chi connectivity index (χ1) is 11.9. The molecule has 2 heterocycles. The largest absolute Gasteiger partial charge is 0.350 e. The number of halogens is 1. The Morgan fingerprint density at radius 3 is 2.64 bits per heavy atom. The van der Waals surface area contributed by atoms with E-state index in [1.165, 1.54) is 6.20 Å². The highest BCUT2D eigenvalue weighted by Gasteiger charge is 2.18. The van der Waals surface area contributed by atoms with Crippen molar-refractivity contribution in [3.8, 4) is 0 Å². The van der Waals surface area contributed by atoms with Crippen molar-refractivity contribution in [2.24, 2.45) is 5.92 Å². The quantitative estimate of drug-likeness (QED) is 0.748. The third-order valence-corrected chi connectivity index (χ3v) is 3.61. The van der Waals surface area contributed by atoms with Crippen LogP contribution in [0.25, 0.3) is 0 Å². The zero-order chi connectivity index (χ0) is 18.4. The van der Waals surface area contributed by atoms with Crippen LogP contribution in [-0.4, -0.2) is 37.9 Å². The Hall–Kier alpha value is -2.35. The van der Waals surface area contributed by atoms with Gasteiger partial charge in [-0.25, -0.2) is 0 Å². The van der Waals surface area contributed by atoms with Gasteiger partial charge in [0.1, 0.15) is 0 Å².